The summed E-state index contributed by atoms with van der Waals surface area (Å²) in [5.74, 6) is -0.0749. The summed E-state index contributed by atoms with van der Waals surface area (Å²) in [7, 11) is 0. The summed E-state index contributed by atoms with van der Waals surface area (Å²) in [6, 6.07) is 13.3. The zero-order valence-electron chi connectivity index (χ0n) is 15.5. The molecule has 0 spiro atoms. The number of nitrogens with zero attached hydrogens (tertiary/aromatic N) is 3. The summed E-state index contributed by atoms with van der Waals surface area (Å²) in [5.41, 5.74) is 2.72. The van der Waals surface area contributed by atoms with Crippen molar-refractivity contribution in [3.8, 4) is 0 Å². The number of rotatable bonds is 5. The Morgan fingerprint density at radius 2 is 1.81 bits per heavy atom. The minimum atomic E-state index is -0.101. The molecule has 0 unspecified atom stereocenters. The van der Waals surface area contributed by atoms with E-state index in [-0.39, 0.29) is 11.8 Å². The minimum absolute atomic E-state index is 0.0263. The number of carbonyl (C=O) groups is 2. The molecule has 1 aromatic heterocycles. The third-order valence-corrected chi connectivity index (χ3v) is 4.45. The number of piperazine rings is 1. The van der Waals surface area contributed by atoms with Crippen LogP contribution in [0.4, 0.5) is 5.69 Å². The normalized spacial score (nSPS) is 15.1. The van der Waals surface area contributed by atoms with Crippen LogP contribution in [0.2, 0.25) is 0 Å². The summed E-state index contributed by atoms with van der Waals surface area (Å²) in [5, 5.41) is 2.72. The fourth-order valence-corrected chi connectivity index (χ4v) is 3.00. The van der Waals surface area contributed by atoms with Crippen LogP contribution in [-0.4, -0.2) is 52.8 Å². The molecule has 1 fully saturated rings. The van der Waals surface area contributed by atoms with Crippen molar-refractivity contribution in [2.75, 3.05) is 31.5 Å². The Kier molecular flexibility index (Phi) is 6.33. The standard InChI is InChI=1S/C21H24N4O2/c1-17(26)23-19-8-5-18(6-9-19)7-10-21(27)25-14-12-24(13-15-25)16-20-4-2-3-11-22-20/h2-11H,12-16H2,1H3,(H,23,26)/b10-7+. The molecule has 0 aliphatic carbocycles. The zero-order chi connectivity index (χ0) is 19.1. The van der Waals surface area contributed by atoms with E-state index in [0.717, 1.165) is 49.7 Å². The van der Waals surface area contributed by atoms with Crippen LogP contribution in [0, 0.1) is 0 Å². The SMILES string of the molecule is CC(=O)Nc1ccc(/C=C/C(=O)N2CCN(Cc3ccccn3)CC2)cc1. The van der Waals surface area contributed by atoms with Gasteiger partial charge in [-0.3, -0.25) is 19.5 Å². The van der Waals surface area contributed by atoms with E-state index in [4.69, 9.17) is 0 Å². The number of benzene rings is 1. The van der Waals surface area contributed by atoms with Gasteiger partial charge in [0.25, 0.3) is 0 Å². The third-order valence-electron chi connectivity index (χ3n) is 4.45. The molecule has 2 amide bonds. The Bertz CT molecular complexity index is 795. The molecule has 6 heteroatoms. The quantitative estimate of drug-likeness (QED) is 0.828. The summed E-state index contributed by atoms with van der Waals surface area (Å²) < 4.78 is 0. The fourth-order valence-electron chi connectivity index (χ4n) is 3.00. The zero-order valence-corrected chi connectivity index (χ0v) is 15.5. The van der Waals surface area contributed by atoms with Gasteiger partial charge in [-0.2, -0.15) is 0 Å². The van der Waals surface area contributed by atoms with Gasteiger partial charge in [-0.05, 0) is 35.9 Å². The van der Waals surface area contributed by atoms with Crippen LogP contribution >= 0.6 is 0 Å². The maximum Gasteiger partial charge on any atom is 0.246 e. The van der Waals surface area contributed by atoms with Crippen molar-refractivity contribution in [1.82, 2.24) is 14.8 Å². The number of pyridine rings is 1. The first-order valence-electron chi connectivity index (χ1n) is 9.07. The second kappa shape index (κ2) is 9.09. The van der Waals surface area contributed by atoms with Crippen molar-refractivity contribution >= 4 is 23.6 Å². The smallest absolute Gasteiger partial charge is 0.246 e. The minimum Gasteiger partial charge on any atom is -0.337 e. The Labute approximate surface area is 159 Å². The first-order valence-corrected chi connectivity index (χ1v) is 9.07. The molecule has 0 bridgehead atoms. The van der Waals surface area contributed by atoms with Gasteiger partial charge in [0.05, 0.1) is 5.69 Å². The Hall–Kier alpha value is -2.99. The second-order valence-corrected chi connectivity index (χ2v) is 6.56. The molecule has 3 rings (SSSR count). The lowest BCUT2D eigenvalue weighted by atomic mass is 10.2. The van der Waals surface area contributed by atoms with Gasteiger partial charge in [-0.25, -0.2) is 0 Å². The highest BCUT2D eigenvalue weighted by Crippen LogP contribution is 2.12. The van der Waals surface area contributed by atoms with Crippen LogP contribution in [0.1, 0.15) is 18.2 Å². The largest absolute Gasteiger partial charge is 0.337 e. The van der Waals surface area contributed by atoms with Gasteiger partial charge < -0.3 is 10.2 Å². The summed E-state index contributed by atoms with van der Waals surface area (Å²) in [6.07, 6.45) is 5.23. The van der Waals surface area contributed by atoms with Gasteiger partial charge in [0.1, 0.15) is 0 Å². The van der Waals surface area contributed by atoms with Gasteiger partial charge in [-0.1, -0.05) is 18.2 Å². The van der Waals surface area contributed by atoms with Crippen molar-refractivity contribution in [2.24, 2.45) is 0 Å². The molecule has 1 aromatic carbocycles. The first kappa shape index (κ1) is 18.8. The second-order valence-electron chi connectivity index (χ2n) is 6.56. The lowest BCUT2D eigenvalue weighted by molar-refractivity contribution is -0.127. The van der Waals surface area contributed by atoms with E-state index < -0.39 is 0 Å². The monoisotopic (exact) mass is 364 g/mol. The van der Waals surface area contributed by atoms with Crippen molar-refractivity contribution in [2.45, 2.75) is 13.5 Å². The number of anilines is 1. The van der Waals surface area contributed by atoms with Crippen molar-refractivity contribution in [3.05, 3.63) is 66.0 Å². The summed E-state index contributed by atoms with van der Waals surface area (Å²) in [6.45, 7) is 5.43. The molecule has 6 nitrogen and oxygen atoms in total. The van der Waals surface area contributed by atoms with Crippen LogP contribution in [0.15, 0.2) is 54.7 Å². The van der Waals surface area contributed by atoms with Crippen LogP contribution in [0.5, 0.6) is 0 Å². The van der Waals surface area contributed by atoms with Crippen molar-refractivity contribution in [1.29, 1.82) is 0 Å². The molecule has 27 heavy (non-hydrogen) atoms. The van der Waals surface area contributed by atoms with Crippen LogP contribution in [0.3, 0.4) is 0 Å². The molecular formula is C21H24N4O2. The molecule has 1 saturated heterocycles. The topological polar surface area (TPSA) is 65.5 Å². The van der Waals surface area contributed by atoms with E-state index >= 15 is 0 Å². The molecular weight excluding hydrogens is 340 g/mol. The van der Waals surface area contributed by atoms with E-state index in [1.807, 2.05) is 53.6 Å². The van der Waals surface area contributed by atoms with Crippen molar-refractivity contribution < 1.29 is 9.59 Å². The van der Waals surface area contributed by atoms with E-state index in [9.17, 15) is 9.59 Å². The Morgan fingerprint density at radius 3 is 2.44 bits per heavy atom. The maximum atomic E-state index is 12.4. The highest BCUT2D eigenvalue weighted by Gasteiger charge is 2.19. The summed E-state index contributed by atoms with van der Waals surface area (Å²) >= 11 is 0. The van der Waals surface area contributed by atoms with E-state index in [2.05, 4.69) is 15.2 Å². The highest BCUT2D eigenvalue weighted by atomic mass is 16.2. The number of hydrogen-bond donors (Lipinski definition) is 1. The van der Waals surface area contributed by atoms with Crippen LogP contribution in [-0.2, 0) is 16.1 Å². The Balaban J connectivity index is 1.47. The number of nitrogens with one attached hydrogen (secondary N) is 1. The van der Waals surface area contributed by atoms with Gasteiger partial charge in [0.15, 0.2) is 0 Å². The molecule has 0 radical (unpaired) electrons. The van der Waals surface area contributed by atoms with E-state index in [0.29, 0.717) is 0 Å². The number of amides is 2. The maximum absolute atomic E-state index is 12.4. The molecule has 0 saturated carbocycles. The van der Waals surface area contributed by atoms with E-state index in [1.54, 1.807) is 12.2 Å². The van der Waals surface area contributed by atoms with Crippen molar-refractivity contribution in [3.63, 3.8) is 0 Å². The molecule has 2 heterocycles. The Morgan fingerprint density at radius 1 is 1.07 bits per heavy atom. The molecule has 1 aliphatic rings. The number of carbonyl (C=O) groups excluding carboxylic acids is 2. The predicted octanol–water partition coefficient (Wildman–Crippen LogP) is 2.40. The molecule has 1 aliphatic heterocycles. The molecule has 140 valence electrons. The van der Waals surface area contributed by atoms with Gasteiger partial charge in [-0.15, -0.1) is 0 Å². The number of hydrogen-bond acceptors (Lipinski definition) is 4. The summed E-state index contributed by atoms with van der Waals surface area (Å²) in [4.78, 5) is 32.0. The third kappa shape index (κ3) is 5.76. The van der Waals surface area contributed by atoms with Gasteiger partial charge in [0.2, 0.25) is 11.8 Å². The van der Waals surface area contributed by atoms with E-state index in [1.165, 1.54) is 6.92 Å². The molecule has 0 atom stereocenters. The predicted molar refractivity (Wildman–Crippen MR) is 106 cm³/mol. The fraction of sp³-hybridized carbons (Fsp3) is 0.286. The lowest BCUT2D eigenvalue weighted by Crippen LogP contribution is -2.47. The van der Waals surface area contributed by atoms with Gasteiger partial charge in [0, 0.05) is 57.6 Å². The number of aromatic nitrogens is 1. The molecule has 2 aromatic rings. The lowest BCUT2D eigenvalue weighted by Gasteiger charge is -2.34. The van der Waals surface area contributed by atoms with Crippen LogP contribution < -0.4 is 5.32 Å². The van der Waals surface area contributed by atoms with Crippen LogP contribution in [0.25, 0.3) is 6.08 Å². The average Bonchev–Trinajstić information content (AvgIpc) is 2.68. The average molecular weight is 364 g/mol. The highest BCUT2D eigenvalue weighted by molar-refractivity contribution is 5.92. The molecule has 1 N–H and O–H groups in total. The first-order chi connectivity index (χ1) is 13.1. The van der Waals surface area contributed by atoms with Gasteiger partial charge >= 0.3 is 0 Å².